The molecule has 0 bridgehead atoms. The van der Waals surface area contributed by atoms with Gasteiger partial charge in [0.05, 0.1) is 21.1 Å². The monoisotopic (exact) mass is 327 g/mol. The second kappa shape index (κ2) is 6.30. The fourth-order valence-electron chi connectivity index (χ4n) is 1.71. The van der Waals surface area contributed by atoms with Gasteiger partial charge in [-0.3, -0.25) is 10.1 Å². The van der Waals surface area contributed by atoms with Crippen molar-refractivity contribution >= 4 is 28.9 Å². The Morgan fingerprint density at radius 2 is 1.95 bits per heavy atom. The predicted molar refractivity (Wildman–Crippen MR) is 80.3 cm³/mol. The van der Waals surface area contributed by atoms with Gasteiger partial charge >= 0.3 is 5.69 Å². The van der Waals surface area contributed by atoms with Crippen LogP contribution in [0, 0.1) is 10.1 Å². The summed E-state index contributed by atoms with van der Waals surface area (Å²) in [6.07, 6.45) is -0.675. The first kappa shape index (κ1) is 15.6. The predicted octanol–water partition coefficient (Wildman–Crippen LogP) is 4.75. The topological polar surface area (TPSA) is 72.6 Å². The van der Waals surface area contributed by atoms with Gasteiger partial charge < -0.3 is 9.84 Å². The fraction of sp³-hybridized carbons (Fsp3) is 0.143. The first-order valence-corrected chi connectivity index (χ1v) is 6.74. The van der Waals surface area contributed by atoms with Crippen LogP contribution in [0.4, 0.5) is 5.69 Å². The van der Waals surface area contributed by atoms with Crippen LogP contribution in [-0.2, 0) is 0 Å². The Hall–Kier alpha value is -1.82. The molecule has 0 radical (unpaired) electrons. The number of aliphatic hydroxyl groups excluding tert-OH is 1. The molecule has 0 aliphatic rings. The standard InChI is InChI=1S/C14H11Cl2NO4/c1-8(18)9-5-6-13(11(16)7-9)21-14-10(15)3-2-4-12(14)17(19)20/h2-8,18H,1H3. The molecule has 0 heterocycles. The summed E-state index contributed by atoms with van der Waals surface area (Å²) in [4.78, 5) is 10.4. The van der Waals surface area contributed by atoms with Gasteiger partial charge in [0.25, 0.3) is 0 Å². The zero-order chi connectivity index (χ0) is 15.6. The lowest BCUT2D eigenvalue weighted by atomic mass is 10.1. The minimum Gasteiger partial charge on any atom is -0.447 e. The molecule has 110 valence electrons. The molecule has 2 aromatic carbocycles. The molecular weight excluding hydrogens is 317 g/mol. The molecule has 1 N–H and O–H groups in total. The molecule has 0 amide bonds. The molecule has 0 spiro atoms. The number of nitrogens with zero attached hydrogens (tertiary/aromatic N) is 1. The molecule has 7 heteroatoms. The number of ether oxygens (including phenoxy) is 1. The van der Waals surface area contributed by atoms with Crippen LogP contribution in [-0.4, -0.2) is 10.0 Å². The highest BCUT2D eigenvalue weighted by Gasteiger charge is 2.20. The summed E-state index contributed by atoms with van der Waals surface area (Å²) in [5.74, 6) is 0.146. The lowest BCUT2D eigenvalue weighted by Gasteiger charge is -2.11. The summed E-state index contributed by atoms with van der Waals surface area (Å²) in [6.45, 7) is 1.60. The van der Waals surface area contributed by atoms with E-state index in [1.165, 1.54) is 30.3 Å². The summed E-state index contributed by atoms with van der Waals surface area (Å²) in [5.41, 5.74) is 0.360. The van der Waals surface area contributed by atoms with E-state index in [1.54, 1.807) is 13.0 Å². The van der Waals surface area contributed by atoms with E-state index in [1.807, 2.05) is 0 Å². The van der Waals surface area contributed by atoms with Crippen LogP contribution in [0.2, 0.25) is 10.0 Å². The maximum atomic E-state index is 11.0. The average Bonchev–Trinajstić information content (AvgIpc) is 2.42. The smallest absolute Gasteiger partial charge is 0.313 e. The average molecular weight is 328 g/mol. The number of rotatable bonds is 4. The lowest BCUT2D eigenvalue weighted by molar-refractivity contribution is -0.385. The van der Waals surface area contributed by atoms with Gasteiger partial charge in [0.15, 0.2) is 0 Å². The minimum absolute atomic E-state index is 0.0733. The zero-order valence-electron chi connectivity index (χ0n) is 10.9. The Morgan fingerprint density at radius 3 is 2.52 bits per heavy atom. The number of nitro benzene ring substituents is 1. The molecule has 0 aromatic heterocycles. The van der Waals surface area contributed by atoms with Crippen molar-refractivity contribution in [1.29, 1.82) is 0 Å². The van der Waals surface area contributed by atoms with Gasteiger partial charge in [0.2, 0.25) is 5.75 Å². The van der Waals surface area contributed by atoms with Crippen LogP contribution >= 0.6 is 23.2 Å². The van der Waals surface area contributed by atoms with E-state index in [0.29, 0.717) is 5.56 Å². The summed E-state index contributed by atoms with van der Waals surface area (Å²) < 4.78 is 5.48. The van der Waals surface area contributed by atoms with Crippen LogP contribution in [0.15, 0.2) is 36.4 Å². The van der Waals surface area contributed by atoms with E-state index >= 15 is 0 Å². The Labute approximate surface area is 130 Å². The number of nitro groups is 1. The van der Waals surface area contributed by atoms with Gasteiger partial charge in [-0.2, -0.15) is 0 Å². The van der Waals surface area contributed by atoms with Crippen molar-refractivity contribution in [1.82, 2.24) is 0 Å². The number of aliphatic hydroxyl groups is 1. The number of para-hydroxylation sites is 1. The maximum Gasteiger partial charge on any atom is 0.313 e. The second-order valence-corrected chi connectivity index (χ2v) is 5.13. The van der Waals surface area contributed by atoms with E-state index in [9.17, 15) is 15.2 Å². The molecule has 5 nitrogen and oxygen atoms in total. The van der Waals surface area contributed by atoms with E-state index < -0.39 is 11.0 Å². The molecule has 21 heavy (non-hydrogen) atoms. The van der Waals surface area contributed by atoms with Crippen LogP contribution in [0.5, 0.6) is 11.5 Å². The minimum atomic E-state index is -0.675. The van der Waals surface area contributed by atoms with Gasteiger partial charge in [-0.05, 0) is 30.7 Å². The van der Waals surface area contributed by atoms with Crippen LogP contribution in [0.3, 0.4) is 0 Å². The molecule has 1 unspecified atom stereocenters. The van der Waals surface area contributed by atoms with Crippen molar-refractivity contribution in [3.8, 4) is 11.5 Å². The zero-order valence-corrected chi connectivity index (χ0v) is 12.4. The quantitative estimate of drug-likeness (QED) is 0.649. The first-order valence-electron chi connectivity index (χ1n) is 5.98. The van der Waals surface area contributed by atoms with Crippen molar-refractivity contribution in [2.45, 2.75) is 13.0 Å². The van der Waals surface area contributed by atoms with Crippen molar-refractivity contribution in [2.75, 3.05) is 0 Å². The highest BCUT2D eigenvalue weighted by atomic mass is 35.5. The van der Waals surface area contributed by atoms with E-state index in [-0.39, 0.29) is 27.2 Å². The highest BCUT2D eigenvalue weighted by molar-refractivity contribution is 6.33. The summed E-state index contributed by atoms with van der Waals surface area (Å²) in [7, 11) is 0. The van der Waals surface area contributed by atoms with E-state index in [4.69, 9.17) is 27.9 Å². The molecule has 2 aromatic rings. The summed E-state index contributed by atoms with van der Waals surface area (Å²) in [6, 6.07) is 8.92. The fourth-order valence-corrected chi connectivity index (χ4v) is 2.15. The lowest BCUT2D eigenvalue weighted by Crippen LogP contribution is -1.96. The number of benzene rings is 2. The molecule has 0 fully saturated rings. The molecule has 0 aliphatic carbocycles. The largest absolute Gasteiger partial charge is 0.447 e. The van der Waals surface area contributed by atoms with E-state index in [2.05, 4.69) is 0 Å². The Bertz CT molecular complexity index is 689. The highest BCUT2D eigenvalue weighted by Crippen LogP contribution is 2.40. The van der Waals surface area contributed by atoms with Crippen LogP contribution in [0.25, 0.3) is 0 Å². The van der Waals surface area contributed by atoms with Crippen molar-refractivity contribution < 1.29 is 14.8 Å². The Kier molecular flexibility index (Phi) is 4.67. The SMILES string of the molecule is CC(O)c1ccc(Oc2c(Cl)cccc2[N+](=O)[O-])c(Cl)c1. The number of halogens is 2. The van der Waals surface area contributed by atoms with Gasteiger partial charge in [-0.25, -0.2) is 0 Å². The summed E-state index contributed by atoms with van der Waals surface area (Å²) >= 11 is 12.0. The van der Waals surface area contributed by atoms with Crippen LogP contribution < -0.4 is 4.74 Å². The van der Waals surface area contributed by atoms with Crippen LogP contribution in [0.1, 0.15) is 18.6 Å². The van der Waals surface area contributed by atoms with Gasteiger partial charge in [-0.15, -0.1) is 0 Å². The molecule has 1 atom stereocenters. The first-order chi connectivity index (χ1) is 9.90. The second-order valence-electron chi connectivity index (χ2n) is 4.31. The summed E-state index contributed by atoms with van der Waals surface area (Å²) in [5, 5.41) is 20.8. The molecular formula is C14H11Cl2NO4. The normalized spacial score (nSPS) is 12.0. The van der Waals surface area contributed by atoms with Crippen molar-refractivity contribution in [3.63, 3.8) is 0 Å². The van der Waals surface area contributed by atoms with Gasteiger partial charge in [0, 0.05) is 6.07 Å². The third-order valence-electron chi connectivity index (χ3n) is 2.79. The number of hydrogen-bond donors (Lipinski definition) is 1. The van der Waals surface area contributed by atoms with Gasteiger partial charge in [-0.1, -0.05) is 35.3 Å². The number of hydrogen-bond acceptors (Lipinski definition) is 4. The third-order valence-corrected chi connectivity index (χ3v) is 3.39. The van der Waals surface area contributed by atoms with Gasteiger partial charge in [0.1, 0.15) is 5.75 Å². The van der Waals surface area contributed by atoms with Crippen molar-refractivity contribution in [2.24, 2.45) is 0 Å². The Balaban J connectivity index is 2.41. The molecule has 0 saturated carbocycles. The Morgan fingerprint density at radius 1 is 1.24 bits per heavy atom. The maximum absolute atomic E-state index is 11.0. The third kappa shape index (κ3) is 3.44. The molecule has 2 rings (SSSR count). The van der Waals surface area contributed by atoms with Crippen molar-refractivity contribution in [3.05, 3.63) is 62.1 Å². The molecule has 0 aliphatic heterocycles. The molecule has 0 saturated heterocycles. The van der Waals surface area contributed by atoms with E-state index in [0.717, 1.165) is 0 Å².